The van der Waals surface area contributed by atoms with E-state index in [4.69, 9.17) is 5.11 Å². The maximum absolute atomic E-state index is 11.0. The molecule has 1 saturated carbocycles. The molecule has 7 nitrogen and oxygen atoms in total. The fourth-order valence-corrected chi connectivity index (χ4v) is 2.18. The van der Waals surface area contributed by atoms with Gasteiger partial charge in [0.05, 0.1) is 17.1 Å². The molecule has 0 saturated heterocycles. The first kappa shape index (κ1) is 13.3. The van der Waals surface area contributed by atoms with Gasteiger partial charge in [0, 0.05) is 11.8 Å². The number of anilines is 1. The Morgan fingerprint density at radius 3 is 2.58 bits per heavy atom. The minimum absolute atomic E-state index is 0.0492. The normalized spacial score (nSPS) is 16.5. The van der Waals surface area contributed by atoms with Crippen molar-refractivity contribution in [2.75, 3.05) is 11.9 Å². The van der Waals surface area contributed by atoms with Crippen molar-refractivity contribution in [3.8, 4) is 0 Å². The highest BCUT2D eigenvalue weighted by Crippen LogP contribution is 2.35. The Kier molecular flexibility index (Phi) is 3.39. The molecule has 0 amide bonds. The molecule has 0 heterocycles. The average molecular weight is 266 g/mol. The van der Waals surface area contributed by atoms with Crippen LogP contribution in [0.25, 0.3) is 0 Å². The van der Waals surface area contributed by atoms with Crippen molar-refractivity contribution in [1.82, 2.24) is 0 Å². The second kappa shape index (κ2) is 4.85. The van der Waals surface area contributed by atoms with Gasteiger partial charge in [0.1, 0.15) is 5.56 Å². The quantitative estimate of drug-likeness (QED) is 0.551. The summed E-state index contributed by atoms with van der Waals surface area (Å²) in [6.07, 6.45) is 2.58. The third-order valence-corrected chi connectivity index (χ3v) is 3.45. The van der Waals surface area contributed by atoms with E-state index in [0.29, 0.717) is 5.69 Å². The molecule has 0 aromatic heterocycles. The van der Waals surface area contributed by atoms with Gasteiger partial charge in [-0.2, -0.15) is 0 Å². The van der Waals surface area contributed by atoms with E-state index < -0.39 is 22.1 Å². The number of carbonyl (C=O) groups is 1. The van der Waals surface area contributed by atoms with Gasteiger partial charge in [-0.15, -0.1) is 0 Å². The molecule has 2 rings (SSSR count). The van der Waals surface area contributed by atoms with Gasteiger partial charge in [-0.1, -0.05) is 0 Å². The molecule has 1 aromatic rings. The lowest BCUT2D eigenvalue weighted by Gasteiger charge is -2.41. The van der Waals surface area contributed by atoms with Crippen molar-refractivity contribution in [1.29, 1.82) is 0 Å². The smallest absolute Gasteiger partial charge is 0.342 e. The SMILES string of the molecule is O=C(O)c1cc(NC2(CO)CCC2)ccc1[N+](=O)[O-]. The fraction of sp³-hybridized carbons (Fsp3) is 0.417. The van der Waals surface area contributed by atoms with Crippen LogP contribution in [0, 0.1) is 10.1 Å². The van der Waals surface area contributed by atoms with Crippen molar-refractivity contribution < 1.29 is 19.9 Å². The number of hydrogen-bond donors (Lipinski definition) is 3. The van der Waals surface area contributed by atoms with Crippen molar-refractivity contribution in [3.63, 3.8) is 0 Å². The molecule has 0 aliphatic heterocycles. The molecule has 0 spiro atoms. The predicted molar refractivity (Wildman–Crippen MR) is 67.3 cm³/mol. The Morgan fingerprint density at radius 1 is 1.47 bits per heavy atom. The van der Waals surface area contributed by atoms with Crippen LogP contribution in [-0.4, -0.2) is 33.3 Å². The van der Waals surface area contributed by atoms with Gasteiger partial charge in [-0.25, -0.2) is 4.79 Å². The van der Waals surface area contributed by atoms with Gasteiger partial charge < -0.3 is 15.5 Å². The third kappa shape index (κ3) is 2.50. The lowest BCUT2D eigenvalue weighted by atomic mass is 9.77. The maximum atomic E-state index is 11.0. The zero-order valence-electron chi connectivity index (χ0n) is 10.1. The van der Waals surface area contributed by atoms with E-state index >= 15 is 0 Å². The summed E-state index contributed by atoms with van der Waals surface area (Å²) in [4.78, 5) is 21.0. The first-order chi connectivity index (χ1) is 8.97. The number of carboxylic acids is 1. The molecule has 1 aromatic carbocycles. The molecule has 0 atom stereocenters. The number of rotatable bonds is 5. The number of nitrogens with zero attached hydrogens (tertiary/aromatic N) is 1. The highest BCUT2D eigenvalue weighted by Gasteiger charge is 2.36. The van der Waals surface area contributed by atoms with Crippen LogP contribution < -0.4 is 5.32 Å². The Hall–Kier alpha value is -2.15. The van der Waals surface area contributed by atoms with Crippen LogP contribution in [0.15, 0.2) is 18.2 Å². The number of nitro benzene ring substituents is 1. The minimum Gasteiger partial charge on any atom is -0.477 e. The number of nitro groups is 1. The molecule has 0 unspecified atom stereocenters. The summed E-state index contributed by atoms with van der Waals surface area (Å²) in [7, 11) is 0. The van der Waals surface area contributed by atoms with Crippen LogP contribution in [0.1, 0.15) is 29.6 Å². The number of benzene rings is 1. The summed E-state index contributed by atoms with van der Waals surface area (Å²) in [6, 6.07) is 3.85. The monoisotopic (exact) mass is 266 g/mol. The van der Waals surface area contributed by atoms with Crippen LogP contribution in [0.4, 0.5) is 11.4 Å². The molecule has 0 radical (unpaired) electrons. The topological polar surface area (TPSA) is 113 Å². The molecule has 102 valence electrons. The number of carboxylic acid groups (broad SMARTS) is 1. The molecular formula is C12H14N2O5. The largest absolute Gasteiger partial charge is 0.477 e. The average Bonchev–Trinajstić information content (AvgIpc) is 2.33. The Balaban J connectivity index is 2.30. The van der Waals surface area contributed by atoms with Crippen LogP contribution in [0.5, 0.6) is 0 Å². The van der Waals surface area contributed by atoms with Crippen molar-refractivity contribution in [2.24, 2.45) is 0 Å². The first-order valence-corrected chi connectivity index (χ1v) is 5.88. The minimum atomic E-state index is -1.35. The second-order valence-electron chi connectivity index (χ2n) is 4.71. The standard InChI is InChI=1S/C12H14N2O5/c15-7-12(4-1-5-12)13-8-2-3-10(14(18)19)9(6-8)11(16)17/h2-3,6,13,15H,1,4-5,7H2,(H,16,17). The van der Waals surface area contributed by atoms with Gasteiger partial charge in [-0.3, -0.25) is 10.1 Å². The number of aliphatic hydroxyl groups excluding tert-OH is 1. The number of nitrogens with one attached hydrogen (secondary N) is 1. The summed E-state index contributed by atoms with van der Waals surface area (Å²) >= 11 is 0. The van der Waals surface area contributed by atoms with Gasteiger partial charge in [0.25, 0.3) is 5.69 Å². The summed E-state index contributed by atoms with van der Waals surface area (Å²) in [5.74, 6) is -1.35. The van der Waals surface area contributed by atoms with Crippen LogP contribution in [-0.2, 0) is 0 Å². The highest BCUT2D eigenvalue weighted by molar-refractivity contribution is 5.93. The first-order valence-electron chi connectivity index (χ1n) is 5.88. The second-order valence-corrected chi connectivity index (χ2v) is 4.71. The number of aromatic carboxylic acids is 1. The van der Waals surface area contributed by atoms with E-state index in [9.17, 15) is 20.0 Å². The molecule has 1 aliphatic carbocycles. The van der Waals surface area contributed by atoms with E-state index in [0.717, 1.165) is 25.3 Å². The van der Waals surface area contributed by atoms with E-state index in [1.54, 1.807) is 0 Å². The van der Waals surface area contributed by atoms with Crippen LogP contribution in [0.3, 0.4) is 0 Å². The van der Waals surface area contributed by atoms with Crippen LogP contribution in [0.2, 0.25) is 0 Å². The van der Waals surface area contributed by atoms with E-state index in [-0.39, 0.29) is 12.2 Å². The van der Waals surface area contributed by atoms with E-state index in [1.165, 1.54) is 12.1 Å². The fourth-order valence-electron chi connectivity index (χ4n) is 2.18. The Labute approximate surface area is 109 Å². The van der Waals surface area contributed by atoms with Crippen molar-refractivity contribution in [2.45, 2.75) is 24.8 Å². The van der Waals surface area contributed by atoms with Crippen LogP contribution >= 0.6 is 0 Å². The molecule has 1 fully saturated rings. The molecular weight excluding hydrogens is 252 g/mol. The summed E-state index contributed by atoms with van der Waals surface area (Å²) in [5, 5.41) is 32.1. The molecule has 1 aliphatic rings. The number of aliphatic hydroxyl groups is 1. The van der Waals surface area contributed by atoms with Gasteiger partial charge in [0.15, 0.2) is 0 Å². The van der Waals surface area contributed by atoms with Crippen molar-refractivity contribution >= 4 is 17.3 Å². The van der Waals surface area contributed by atoms with E-state index in [2.05, 4.69) is 5.32 Å². The van der Waals surface area contributed by atoms with Crippen molar-refractivity contribution in [3.05, 3.63) is 33.9 Å². The molecule has 3 N–H and O–H groups in total. The molecule has 0 bridgehead atoms. The highest BCUT2D eigenvalue weighted by atomic mass is 16.6. The lowest BCUT2D eigenvalue weighted by Crippen LogP contribution is -2.48. The Morgan fingerprint density at radius 2 is 2.16 bits per heavy atom. The Bertz CT molecular complexity index is 519. The summed E-state index contributed by atoms with van der Waals surface area (Å²) in [6.45, 7) is -0.0492. The number of hydrogen-bond acceptors (Lipinski definition) is 5. The molecule has 7 heteroatoms. The summed E-state index contributed by atoms with van der Waals surface area (Å²) < 4.78 is 0. The zero-order chi connectivity index (χ0) is 14.0. The maximum Gasteiger partial charge on any atom is 0.342 e. The lowest BCUT2D eigenvalue weighted by molar-refractivity contribution is -0.385. The zero-order valence-corrected chi connectivity index (χ0v) is 10.1. The van der Waals surface area contributed by atoms with Gasteiger partial charge >= 0.3 is 5.97 Å². The third-order valence-electron chi connectivity index (χ3n) is 3.45. The summed E-state index contributed by atoms with van der Waals surface area (Å²) in [5.41, 5.74) is -0.754. The van der Waals surface area contributed by atoms with Gasteiger partial charge in [0.2, 0.25) is 0 Å². The predicted octanol–water partition coefficient (Wildman–Crippen LogP) is 1.62. The van der Waals surface area contributed by atoms with Gasteiger partial charge in [-0.05, 0) is 31.4 Å². The van der Waals surface area contributed by atoms with E-state index in [1.807, 2.05) is 0 Å². The molecule has 19 heavy (non-hydrogen) atoms.